The van der Waals surface area contributed by atoms with E-state index in [0.29, 0.717) is 5.75 Å². The largest absolute Gasteiger partial charge is 0.434 e. The number of para-hydroxylation sites is 1. The van der Waals surface area contributed by atoms with Crippen LogP contribution in [0.25, 0.3) is 0 Å². The average molecular weight is 418 g/mol. The molecule has 0 saturated heterocycles. The molecular formula is C20H17F3N4O3. The summed E-state index contributed by atoms with van der Waals surface area (Å²) in [5.74, 6) is -0.223. The SMILES string of the molecule is CC(C)c1ccc(Oc2ncnc(Nc3ccccc3C(F)(F)F)c2[N+](=O)[O-])cc1. The molecular weight excluding hydrogens is 401 g/mol. The molecule has 7 nitrogen and oxygen atoms in total. The van der Waals surface area contributed by atoms with Crippen molar-refractivity contribution in [1.82, 2.24) is 9.97 Å². The molecule has 0 unspecified atom stereocenters. The predicted molar refractivity (Wildman–Crippen MR) is 104 cm³/mol. The number of aromatic nitrogens is 2. The van der Waals surface area contributed by atoms with Crippen LogP contribution in [-0.2, 0) is 6.18 Å². The van der Waals surface area contributed by atoms with Gasteiger partial charge in [0.25, 0.3) is 0 Å². The van der Waals surface area contributed by atoms with Crippen LogP contribution in [0.5, 0.6) is 11.6 Å². The van der Waals surface area contributed by atoms with E-state index in [2.05, 4.69) is 15.3 Å². The number of nitro groups is 1. The number of rotatable bonds is 6. The molecule has 0 aliphatic rings. The van der Waals surface area contributed by atoms with E-state index >= 15 is 0 Å². The molecule has 30 heavy (non-hydrogen) atoms. The zero-order valence-corrected chi connectivity index (χ0v) is 16.0. The Bertz CT molecular complexity index is 1050. The Balaban J connectivity index is 1.97. The Morgan fingerprint density at radius 1 is 1.07 bits per heavy atom. The number of ether oxygens (including phenoxy) is 1. The van der Waals surface area contributed by atoms with Crippen molar-refractivity contribution >= 4 is 17.2 Å². The lowest BCUT2D eigenvalue weighted by atomic mass is 10.0. The first kappa shape index (κ1) is 21.0. The van der Waals surface area contributed by atoms with Gasteiger partial charge in [0.2, 0.25) is 5.82 Å². The molecule has 0 radical (unpaired) electrons. The van der Waals surface area contributed by atoms with Crippen LogP contribution in [0, 0.1) is 10.1 Å². The zero-order valence-electron chi connectivity index (χ0n) is 16.0. The normalized spacial score (nSPS) is 11.4. The first-order valence-electron chi connectivity index (χ1n) is 8.87. The van der Waals surface area contributed by atoms with Crippen molar-refractivity contribution in [2.75, 3.05) is 5.32 Å². The number of alkyl halides is 3. The third kappa shape index (κ3) is 4.65. The fourth-order valence-electron chi connectivity index (χ4n) is 2.69. The van der Waals surface area contributed by atoms with E-state index in [1.807, 2.05) is 26.0 Å². The smallest absolute Gasteiger partial charge is 0.418 e. The topological polar surface area (TPSA) is 90.2 Å². The quantitative estimate of drug-likeness (QED) is 0.386. The number of nitrogens with one attached hydrogen (secondary N) is 1. The first-order chi connectivity index (χ1) is 14.2. The Hall–Kier alpha value is -3.69. The van der Waals surface area contributed by atoms with Crippen LogP contribution in [0.3, 0.4) is 0 Å². The van der Waals surface area contributed by atoms with E-state index in [4.69, 9.17) is 4.74 Å². The number of anilines is 2. The molecule has 3 rings (SSSR count). The summed E-state index contributed by atoms with van der Waals surface area (Å²) >= 11 is 0. The van der Waals surface area contributed by atoms with Gasteiger partial charge in [-0.05, 0) is 35.7 Å². The second kappa shape index (κ2) is 8.36. The molecule has 0 aliphatic carbocycles. The standard InChI is InChI=1S/C20H17F3N4O3/c1-12(2)13-7-9-14(10-8-13)30-19-17(27(28)29)18(24-11-25-19)26-16-6-4-3-5-15(16)20(21,22)23/h3-12H,1-2H3,(H,24,25,26). The fourth-order valence-corrected chi connectivity index (χ4v) is 2.69. The Kier molecular flexibility index (Phi) is 5.86. The molecule has 0 saturated carbocycles. The molecule has 0 fully saturated rings. The lowest BCUT2D eigenvalue weighted by Crippen LogP contribution is -2.10. The van der Waals surface area contributed by atoms with Gasteiger partial charge in [-0.2, -0.15) is 18.2 Å². The molecule has 10 heteroatoms. The van der Waals surface area contributed by atoms with Crippen LogP contribution in [0.15, 0.2) is 54.9 Å². The summed E-state index contributed by atoms with van der Waals surface area (Å²) in [5.41, 5.74) is -0.989. The van der Waals surface area contributed by atoms with Crippen LogP contribution in [0.1, 0.15) is 30.9 Å². The molecule has 0 spiro atoms. The second-order valence-electron chi connectivity index (χ2n) is 6.63. The van der Waals surface area contributed by atoms with Crippen molar-refractivity contribution in [2.45, 2.75) is 25.9 Å². The van der Waals surface area contributed by atoms with Gasteiger partial charge in [-0.25, -0.2) is 4.98 Å². The van der Waals surface area contributed by atoms with E-state index < -0.39 is 28.2 Å². The van der Waals surface area contributed by atoms with E-state index in [1.54, 1.807) is 12.1 Å². The molecule has 1 heterocycles. The minimum Gasteiger partial charge on any atom is -0.434 e. The lowest BCUT2D eigenvalue weighted by molar-refractivity contribution is -0.385. The highest BCUT2D eigenvalue weighted by Gasteiger charge is 2.34. The van der Waals surface area contributed by atoms with Gasteiger partial charge >= 0.3 is 17.7 Å². The lowest BCUT2D eigenvalue weighted by Gasteiger charge is -2.14. The number of nitrogens with zero attached hydrogens (tertiary/aromatic N) is 3. The summed E-state index contributed by atoms with van der Waals surface area (Å²) in [6.45, 7) is 4.03. The van der Waals surface area contributed by atoms with Gasteiger partial charge < -0.3 is 10.1 Å². The number of hydrogen-bond acceptors (Lipinski definition) is 6. The van der Waals surface area contributed by atoms with Crippen molar-refractivity contribution in [3.63, 3.8) is 0 Å². The highest BCUT2D eigenvalue weighted by atomic mass is 19.4. The monoisotopic (exact) mass is 418 g/mol. The van der Waals surface area contributed by atoms with Crippen LogP contribution in [0.2, 0.25) is 0 Å². The van der Waals surface area contributed by atoms with E-state index in [-0.39, 0.29) is 17.5 Å². The first-order valence-corrected chi connectivity index (χ1v) is 8.87. The van der Waals surface area contributed by atoms with Gasteiger partial charge in [0, 0.05) is 0 Å². The highest BCUT2D eigenvalue weighted by Crippen LogP contribution is 2.39. The van der Waals surface area contributed by atoms with Crippen LogP contribution < -0.4 is 10.1 Å². The van der Waals surface area contributed by atoms with Gasteiger partial charge in [0.05, 0.1) is 16.2 Å². The number of hydrogen-bond donors (Lipinski definition) is 1. The minimum absolute atomic E-state index is 0.289. The van der Waals surface area contributed by atoms with Crippen molar-refractivity contribution in [2.24, 2.45) is 0 Å². The Morgan fingerprint density at radius 2 is 1.73 bits per heavy atom. The van der Waals surface area contributed by atoms with Crippen LogP contribution >= 0.6 is 0 Å². The molecule has 0 aliphatic heterocycles. The molecule has 1 N–H and O–H groups in total. The van der Waals surface area contributed by atoms with Gasteiger partial charge in [-0.3, -0.25) is 10.1 Å². The van der Waals surface area contributed by atoms with Crippen molar-refractivity contribution in [3.8, 4) is 11.6 Å². The van der Waals surface area contributed by atoms with Crippen LogP contribution in [-0.4, -0.2) is 14.9 Å². The summed E-state index contributed by atoms with van der Waals surface area (Å²) in [6, 6.07) is 11.5. The van der Waals surface area contributed by atoms with E-state index in [1.165, 1.54) is 12.1 Å². The molecule has 0 bridgehead atoms. The summed E-state index contributed by atoms with van der Waals surface area (Å²) in [6.07, 6.45) is -3.67. The predicted octanol–water partition coefficient (Wildman–Crippen LogP) is 6.06. The Morgan fingerprint density at radius 3 is 2.33 bits per heavy atom. The maximum absolute atomic E-state index is 13.2. The summed E-state index contributed by atoms with van der Waals surface area (Å²) in [4.78, 5) is 18.4. The van der Waals surface area contributed by atoms with Crippen molar-refractivity contribution in [3.05, 3.63) is 76.1 Å². The maximum Gasteiger partial charge on any atom is 0.418 e. The fraction of sp³-hybridized carbons (Fsp3) is 0.200. The van der Waals surface area contributed by atoms with Gasteiger partial charge in [0.15, 0.2) is 0 Å². The third-order valence-electron chi connectivity index (χ3n) is 4.22. The van der Waals surface area contributed by atoms with Gasteiger partial charge in [0.1, 0.15) is 12.1 Å². The molecule has 0 amide bonds. The van der Waals surface area contributed by atoms with Gasteiger partial charge in [-0.15, -0.1) is 0 Å². The van der Waals surface area contributed by atoms with Crippen LogP contribution in [0.4, 0.5) is 30.4 Å². The minimum atomic E-state index is -4.65. The maximum atomic E-state index is 13.2. The second-order valence-corrected chi connectivity index (χ2v) is 6.63. The summed E-state index contributed by atoms with van der Waals surface area (Å²) in [7, 11) is 0. The number of benzene rings is 2. The molecule has 156 valence electrons. The summed E-state index contributed by atoms with van der Waals surface area (Å²) < 4.78 is 45.2. The van der Waals surface area contributed by atoms with E-state index in [0.717, 1.165) is 24.0 Å². The zero-order chi connectivity index (χ0) is 21.9. The molecule has 2 aromatic carbocycles. The summed E-state index contributed by atoms with van der Waals surface area (Å²) in [5, 5.41) is 14.0. The third-order valence-corrected chi connectivity index (χ3v) is 4.22. The van der Waals surface area contributed by atoms with E-state index in [9.17, 15) is 23.3 Å². The van der Waals surface area contributed by atoms with Crippen molar-refractivity contribution in [1.29, 1.82) is 0 Å². The molecule has 1 aromatic heterocycles. The molecule has 0 atom stereocenters. The number of halogens is 3. The van der Waals surface area contributed by atoms with Gasteiger partial charge in [-0.1, -0.05) is 38.1 Å². The van der Waals surface area contributed by atoms with Crippen molar-refractivity contribution < 1.29 is 22.8 Å². The molecule has 3 aromatic rings. The highest BCUT2D eigenvalue weighted by molar-refractivity contribution is 5.70. The average Bonchev–Trinajstić information content (AvgIpc) is 2.68. The Labute approximate surface area is 169 Å².